The number of rotatable bonds is 48. The van der Waals surface area contributed by atoms with Crippen molar-refractivity contribution in [2.45, 2.75) is 364 Å². The van der Waals surface area contributed by atoms with E-state index in [0.29, 0.717) is 45.9 Å². The van der Waals surface area contributed by atoms with E-state index < -0.39 is 0 Å². The van der Waals surface area contributed by atoms with E-state index in [1.807, 2.05) is 0 Å². The molecule has 0 amide bonds. The van der Waals surface area contributed by atoms with Crippen LogP contribution in [0.1, 0.15) is 357 Å². The number of benzene rings is 4. The summed E-state index contributed by atoms with van der Waals surface area (Å²) in [5, 5.41) is 4.23. The van der Waals surface area contributed by atoms with Gasteiger partial charge in [-0.2, -0.15) is 0 Å². The van der Waals surface area contributed by atoms with E-state index in [1.54, 1.807) is 0 Å². The van der Waals surface area contributed by atoms with Gasteiger partial charge in [0.2, 0.25) is 0 Å². The molecule has 4 aromatic carbocycles. The third-order valence-corrected chi connectivity index (χ3v) is 21.4. The number of aromatic nitrogens is 8. The zero-order valence-corrected chi connectivity index (χ0v) is 64.1. The van der Waals surface area contributed by atoms with Crippen molar-refractivity contribution < 1.29 is 37.7 Å². The van der Waals surface area contributed by atoms with Crippen LogP contribution in [-0.4, -0.2) is 29.9 Å². The summed E-state index contributed by atoms with van der Waals surface area (Å²) in [7, 11) is 0. The van der Waals surface area contributed by atoms with Gasteiger partial charge in [-0.05, 0) is 217 Å². The maximum absolute atomic E-state index is 5.78. The number of aryl methyl sites for hydroxylation is 8. The van der Waals surface area contributed by atoms with E-state index in [-0.39, 0.29) is 37.7 Å². The van der Waals surface area contributed by atoms with Gasteiger partial charge < -0.3 is 29.9 Å². The molecule has 0 aliphatic carbocycles. The minimum atomic E-state index is 0. The zero-order chi connectivity index (χ0) is 67.1. The molecule has 0 fully saturated rings. The minimum Gasteiger partial charge on any atom is -0.357 e. The molecule has 5 heterocycles. The van der Waals surface area contributed by atoms with Crippen LogP contribution in [0.4, 0.5) is 0 Å². The Bertz CT molecular complexity index is 3200. The van der Waals surface area contributed by atoms with Crippen LogP contribution in [0.15, 0.2) is 48.5 Å². The van der Waals surface area contributed by atoms with Crippen molar-refractivity contribution in [3.63, 3.8) is 0 Å². The maximum Gasteiger partial charge on any atom is 1.00 e. The van der Waals surface area contributed by atoms with E-state index in [4.69, 9.17) is 39.9 Å². The van der Waals surface area contributed by atoms with Crippen molar-refractivity contribution >= 4 is 44.1 Å². The van der Waals surface area contributed by atoms with Crippen LogP contribution in [-0.2, 0) is 51.4 Å². The van der Waals surface area contributed by atoms with Crippen molar-refractivity contribution in [1.82, 2.24) is 39.9 Å². The summed E-state index contributed by atoms with van der Waals surface area (Å²) in [6.07, 6.45) is 58.4. The zero-order valence-electron chi connectivity index (χ0n) is 64.1. The van der Waals surface area contributed by atoms with Gasteiger partial charge in [0.05, 0.1) is 23.3 Å². The smallest absolute Gasteiger partial charge is 0.357 e. The standard InChI is InChI=1S/C88H128N8.2Li/c1-9-17-25-33-41-49-65-57-73-74(58-66(65)50-42-34-26-18-10-2)82-89-81(73)93-83-75-59-67(51-43-35-27-19-11-3)68(52-44-36-28-20-12-4)60-76(75)85(90-83)95-87-79-63-71(55-47-39-31-23-15-7)72(56-48-40-32-24-16-8)64-80(79)88(92-87)96-86-78-62-70(54-46-38-30-22-14-6)69(53-45-37-29-21-13-5)61-77(78)84(91-86)94-82;;/h57-64H,9-56H2,1-8H3;;/q-2;2*+1. The fraction of sp³-hybridized carbons (Fsp3) is 0.636. The van der Waals surface area contributed by atoms with Gasteiger partial charge in [-0.25, -0.2) is 9.97 Å². The van der Waals surface area contributed by atoms with Crippen LogP contribution >= 0.6 is 0 Å². The molecule has 0 radical (unpaired) electrons. The van der Waals surface area contributed by atoms with Gasteiger partial charge >= 0.3 is 37.7 Å². The van der Waals surface area contributed by atoms with Gasteiger partial charge in [-0.3, -0.25) is 0 Å². The van der Waals surface area contributed by atoms with Gasteiger partial charge in [0.15, 0.2) is 0 Å². The molecular weight excluding hydrogens is 1180 g/mol. The fourth-order valence-corrected chi connectivity index (χ4v) is 15.4. The van der Waals surface area contributed by atoms with E-state index in [1.165, 1.54) is 301 Å². The first kappa shape index (κ1) is 80.7. The molecule has 8 bridgehead atoms. The van der Waals surface area contributed by atoms with E-state index in [0.717, 1.165) is 95.2 Å². The number of fused-ring (bicyclic) bond motifs is 20. The summed E-state index contributed by atoms with van der Waals surface area (Å²) in [5.41, 5.74) is 18.5. The van der Waals surface area contributed by atoms with Crippen molar-refractivity contribution in [2.24, 2.45) is 0 Å². The summed E-state index contributed by atoms with van der Waals surface area (Å²) in [4.78, 5) is 45.8. The van der Waals surface area contributed by atoms with Crippen LogP contribution in [0.3, 0.4) is 0 Å². The first-order valence-corrected chi connectivity index (χ1v) is 40.7. The fourth-order valence-electron chi connectivity index (χ4n) is 15.4. The Hall–Kier alpha value is -4.57. The van der Waals surface area contributed by atoms with E-state index in [2.05, 4.69) is 104 Å². The topological polar surface area (TPSA) is 106 Å². The predicted octanol–water partition coefficient (Wildman–Crippen LogP) is 20.2. The van der Waals surface area contributed by atoms with Gasteiger partial charge in [0.25, 0.3) is 0 Å². The van der Waals surface area contributed by atoms with Gasteiger partial charge in [-0.1, -0.05) is 261 Å². The Balaban J connectivity index is 0.00000676. The maximum atomic E-state index is 5.78. The molecule has 0 N–H and O–H groups in total. The molecule has 2 aliphatic rings. The van der Waals surface area contributed by atoms with Crippen LogP contribution < -0.4 is 47.7 Å². The van der Waals surface area contributed by atoms with Gasteiger partial charge in [0.1, 0.15) is 0 Å². The number of hydrogen-bond acceptors (Lipinski definition) is 6. The second-order valence-electron chi connectivity index (χ2n) is 29.5. The third kappa shape index (κ3) is 23.2. The Labute approximate surface area is 619 Å². The Morgan fingerprint density at radius 2 is 0.347 bits per heavy atom. The molecule has 0 saturated heterocycles. The second kappa shape index (κ2) is 44.7. The average Bonchev–Trinajstić information content (AvgIpc) is 1.60. The van der Waals surface area contributed by atoms with Crippen molar-refractivity contribution in [2.75, 3.05) is 0 Å². The minimum absolute atomic E-state index is 0. The summed E-state index contributed by atoms with van der Waals surface area (Å²) in [5.74, 6) is 2.75. The molecule has 2 aliphatic heterocycles. The SMILES string of the molecule is CCCCCCCc1cc2c(cc1CCCCCCC)-c1nc-2nc2[n-]c(nc3nc(nc4[n-]c(n1)c1cc(CCCCCCC)c(CCCCCCC)cc41)-c1cc(CCCCCCC)c(CCCCCCC)cc1-3)c1cc(CCCCCCC)c(CCCCCCC)cc21.[Li+].[Li+]. The number of hydrogen-bond donors (Lipinski definition) is 0. The second-order valence-corrected chi connectivity index (χ2v) is 29.5. The van der Waals surface area contributed by atoms with Crippen LogP contribution in [0.5, 0.6) is 0 Å². The van der Waals surface area contributed by atoms with Gasteiger partial charge in [-0.15, -0.1) is 0 Å². The molecule has 8 nitrogen and oxygen atoms in total. The molecule has 0 spiro atoms. The molecule has 522 valence electrons. The quantitative estimate of drug-likeness (QED) is 0.0274. The molecule has 0 unspecified atom stereocenters. The molecule has 0 atom stereocenters. The van der Waals surface area contributed by atoms with Crippen LogP contribution in [0.2, 0.25) is 0 Å². The molecule has 7 aromatic rings. The Kier molecular flexibility index (Phi) is 36.9. The van der Waals surface area contributed by atoms with Crippen LogP contribution in [0, 0.1) is 0 Å². The van der Waals surface area contributed by atoms with Crippen molar-refractivity contribution in [1.29, 1.82) is 0 Å². The average molecular weight is 1310 g/mol. The Morgan fingerprint density at radius 1 is 0.194 bits per heavy atom. The van der Waals surface area contributed by atoms with Crippen molar-refractivity contribution in [3.8, 4) is 45.6 Å². The number of nitrogens with zero attached hydrogens (tertiary/aromatic N) is 8. The Morgan fingerprint density at radius 3 is 0.510 bits per heavy atom. The van der Waals surface area contributed by atoms with Crippen molar-refractivity contribution in [3.05, 3.63) is 93.0 Å². The molecule has 9 rings (SSSR count). The number of unbranched alkanes of at least 4 members (excludes halogenated alkanes) is 32. The van der Waals surface area contributed by atoms with Gasteiger partial charge in [0, 0.05) is 44.8 Å². The van der Waals surface area contributed by atoms with E-state index >= 15 is 0 Å². The third-order valence-electron chi connectivity index (χ3n) is 21.4. The first-order valence-electron chi connectivity index (χ1n) is 40.7. The molecule has 0 saturated carbocycles. The van der Waals surface area contributed by atoms with E-state index in [9.17, 15) is 0 Å². The summed E-state index contributed by atoms with van der Waals surface area (Å²) < 4.78 is 0. The monoisotopic (exact) mass is 1310 g/mol. The molecule has 98 heavy (non-hydrogen) atoms. The normalized spacial score (nSPS) is 11.8. The molecule has 10 heteroatoms. The summed E-state index contributed by atoms with van der Waals surface area (Å²) >= 11 is 0. The largest absolute Gasteiger partial charge is 1.00 e. The van der Waals surface area contributed by atoms with Crippen LogP contribution in [0.25, 0.3) is 89.7 Å². The first-order chi connectivity index (χ1) is 47.3. The summed E-state index contributed by atoms with van der Waals surface area (Å²) in [6, 6.07) is 19.8. The summed E-state index contributed by atoms with van der Waals surface area (Å²) in [6.45, 7) is 18.6. The predicted molar refractivity (Wildman–Crippen MR) is 414 cm³/mol. The molecular formula is C88H128Li2N8. The molecule has 3 aromatic heterocycles.